The molecule has 3 aromatic rings. The van der Waals surface area contributed by atoms with Crippen molar-refractivity contribution in [2.75, 3.05) is 6.54 Å². The van der Waals surface area contributed by atoms with Crippen molar-refractivity contribution in [1.29, 1.82) is 0 Å². The Hall–Kier alpha value is -2.28. The van der Waals surface area contributed by atoms with E-state index in [9.17, 15) is 4.39 Å². The van der Waals surface area contributed by atoms with E-state index >= 15 is 0 Å². The minimum atomic E-state index is -0.246. The van der Waals surface area contributed by atoms with Crippen LogP contribution < -0.4 is 5.73 Å². The number of nitrogens with zero attached hydrogens (tertiary/aromatic N) is 3. The summed E-state index contributed by atoms with van der Waals surface area (Å²) in [5.41, 5.74) is 7.67. The highest BCUT2D eigenvalue weighted by atomic mass is 35.5. The van der Waals surface area contributed by atoms with Gasteiger partial charge in [0.1, 0.15) is 5.82 Å². The van der Waals surface area contributed by atoms with Crippen LogP contribution >= 0.6 is 12.4 Å². The van der Waals surface area contributed by atoms with Crippen molar-refractivity contribution in [1.82, 2.24) is 15.0 Å². The Labute approximate surface area is 158 Å². The summed E-state index contributed by atoms with van der Waals surface area (Å²) in [7, 11) is 0. The molecule has 1 atom stereocenters. The zero-order chi connectivity index (χ0) is 17.6. The fraction of sp³-hybridized carbons (Fsp3) is 0.263. The highest BCUT2D eigenvalue weighted by molar-refractivity contribution is 5.85. The molecule has 1 unspecified atom stereocenters. The number of rotatable bonds is 7. The standard InChI is InChI=1S/C19H21FN4O.ClH/c1-2-24(13-17-22-18(12-21)25-23-17)19(14-6-4-3-5-7-14)15-8-10-16(20)11-9-15;/h3-11,19H,2,12-13,21H2,1H3;1H. The van der Waals surface area contributed by atoms with Crippen LogP contribution in [0.3, 0.4) is 0 Å². The molecule has 26 heavy (non-hydrogen) atoms. The van der Waals surface area contributed by atoms with E-state index in [2.05, 4.69) is 34.1 Å². The van der Waals surface area contributed by atoms with Gasteiger partial charge in [-0.1, -0.05) is 54.5 Å². The predicted molar refractivity (Wildman–Crippen MR) is 100 cm³/mol. The molecule has 2 N–H and O–H groups in total. The van der Waals surface area contributed by atoms with Crippen molar-refractivity contribution in [3.05, 3.63) is 83.3 Å². The van der Waals surface area contributed by atoms with Gasteiger partial charge in [0.2, 0.25) is 5.89 Å². The van der Waals surface area contributed by atoms with Gasteiger partial charge in [-0.15, -0.1) is 12.4 Å². The fourth-order valence-electron chi connectivity index (χ4n) is 2.90. The van der Waals surface area contributed by atoms with Crippen LogP contribution in [0.4, 0.5) is 4.39 Å². The SMILES string of the molecule is CCN(Cc1noc(CN)n1)C(c1ccccc1)c1ccc(F)cc1.Cl. The first-order valence-electron chi connectivity index (χ1n) is 8.27. The van der Waals surface area contributed by atoms with Crippen molar-refractivity contribution >= 4 is 12.4 Å². The van der Waals surface area contributed by atoms with Crippen LogP contribution in [0.2, 0.25) is 0 Å². The molecule has 0 aliphatic rings. The quantitative estimate of drug-likeness (QED) is 0.681. The van der Waals surface area contributed by atoms with Crippen LogP contribution in [-0.2, 0) is 13.1 Å². The lowest BCUT2D eigenvalue weighted by molar-refractivity contribution is 0.219. The van der Waals surface area contributed by atoms with Crippen molar-refractivity contribution in [3.8, 4) is 0 Å². The summed E-state index contributed by atoms with van der Waals surface area (Å²) < 4.78 is 18.5. The maximum Gasteiger partial charge on any atom is 0.240 e. The Morgan fingerprint density at radius 1 is 1.08 bits per heavy atom. The lowest BCUT2D eigenvalue weighted by Gasteiger charge is -2.30. The summed E-state index contributed by atoms with van der Waals surface area (Å²) in [6.45, 7) is 3.57. The van der Waals surface area contributed by atoms with E-state index in [4.69, 9.17) is 10.3 Å². The lowest BCUT2D eigenvalue weighted by atomic mass is 9.97. The van der Waals surface area contributed by atoms with Gasteiger partial charge in [0.25, 0.3) is 0 Å². The molecule has 0 aliphatic heterocycles. The second-order valence-electron chi connectivity index (χ2n) is 5.74. The molecule has 0 aliphatic carbocycles. The van der Waals surface area contributed by atoms with Crippen LogP contribution in [0.25, 0.3) is 0 Å². The van der Waals surface area contributed by atoms with Crippen molar-refractivity contribution in [2.45, 2.75) is 26.1 Å². The average Bonchev–Trinajstić information content (AvgIpc) is 3.11. The first-order valence-corrected chi connectivity index (χ1v) is 8.27. The molecule has 5 nitrogen and oxygen atoms in total. The molecule has 0 bridgehead atoms. The lowest BCUT2D eigenvalue weighted by Crippen LogP contribution is -2.29. The van der Waals surface area contributed by atoms with Gasteiger partial charge >= 0.3 is 0 Å². The molecule has 0 saturated heterocycles. The Bertz CT molecular complexity index is 795. The third-order valence-corrected chi connectivity index (χ3v) is 4.10. The number of aromatic nitrogens is 2. The normalized spacial score (nSPS) is 12.0. The zero-order valence-electron chi connectivity index (χ0n) is 14.5. The van der Waals surface area contributed by atoms with E-state index < -0.39 is 0 Å². The third kappa shape index (κ3) is 4.66. The zero-order valence-corrected chi connectivity index (χ0v) is 15.3. The Kier molecular flexibility index (Phi) is 7.26. The maximum atomic E-state index is 13.4. The van der Waals surface area contributed by atoms with Gasteiger partial charge in [0.15, 0.2) is 5.82 Å². The third-order valence-electron chi connectivity index (χ3n) is 4.10. The number of hydrogen-bond acceptors (Lipinski definition) is 5. The Morgan fingerprint density at radius 2 is 1.73 bits per heavy atom. The minimum Gasteiger partial charge on any atom is -0.338 e. The maximum absolute atomic E-state index is 13.4. The summed E-state index contributed by atoms with van der Waals surface area (Å²) in [6, 6.07) is 16.7. The molecule has 0 spiro atoms. The molecule has 1 aromatic heterocycles. The van der Waals surface area contributed by atoms with Gasteiger partial charge in [-0.25, -0.2) is 4.39 Å². The molecule has 3 rings (SSSR count). The Balaban J connectivity index is 0.00000243. The summed E-state index contributed by atoms with van der Waals surface area (Å²) in [5, 5.41) is 3.99. The highest BCUT2D eigenvalue weighted by Gasteiger charge is 2.23. The van der Waals surface area contributed by atoms with Crippen LogP contribution in [0, 0.1) is 5.82 Å². The molecular weight excluding hydrogens is 355 g/mol. The molecule has 0 saturated carbocycles. The van der Waals surface area contributed by atoms with E-state index in [1.807, 2.05) is 30.3 Å². The highest BCUT2D eigenvalue weighted by Crippen LogP contribution is 2.29. The summed E-state index contributed by atoms with van der Waals surface area (Å²) in [5.74, 6) is 0.763. The summed E-state index contributed by atoms with van der Waals surface area (Å²) >= 11 is 0. The van der Waals surface area contributed by atoms with E-state index in [-0.39, 0.29) is 30.8 Å². The van der Waals surface area contributed by atoms with E-state index in [1.165, 1.54) is 12.1 Å². The van der Waals surface area contributed by atoms with E-state index in [0.717, 1.165) is 17.7 Å². The largest absolute Gasteiger partial charge is 0.338 e. The van der Waals surface area contributed by atoms with Gasteiger partial charge in [-0.3, -0.25) is 4.90 Å². The Morgan fingerprint density at radius 3 is 2.31 bits per heavy atom. The average molecular weight is 377 g/mol. The molecule has 0 amide bonds. The summed E-state index contributed by atoms with van der Waals surface area (Å²) in [6.07, 6.45) is 0. The molecule has 7 heteroatoms. The number of nitrogens with two attached hydrogens (primary N) is 1. The molecular formula is C19H22ClFN4O. The second kappa shape index (κ2) is 9.43. The smallest absolute Gasteiger partial charge is 0.240 e. The molecule has 0 fully saturated rings. The molecule has 0 radical (unpaired) electrons. The number of benzene rings is 2. The molecule has 2 aromatic carbocycles. The minimum absolute atomic E-state index is 0. The van der Waals surface area contributed by atoms with Crippen molar-refractivity contribution in [3.63, 3.8) is 0 Å². The second-order valence-corrected chi connectivity index (χ2v) is 5.74. The van der Waals surface area contributed by atoms with Crippen LogP contribution in [-0.4, -0.2) is 21.6 Å². The molecule has 138 valence electrons. The summed E-state index contributed by atoms with van der Waals surface area (Å²) in [4.78, 5) is 6.51. The predicted octanol–water partition coefficient (Wildman–Crippen LogP) is 3.70. The van der Waals surface area contributed by atoms with Crippen molar-refractivity contribution < 1.29 is 8.91 Å². The van der Waals surface area contributed by atoms with Crippen LogP contribution in [0.15, 0.2) is 59.1 Å². The molecule has 1 heterocycles. The van der Waals surface area contributed by atoms with Crippen molar-refractivity contribution in [2.24, 2.45) is 5.73 Å². The monoisotopic (exact) mass is 376 g/mol. The van der Waals surface area contributed by atoms with Gasteiger partial charge < -0.3 is 10.3 Å². The van der Waals surface area contributed by atoms with Gasteiger partial charge in [-0.05, 0) is 29.8 Å². The fourth-order valence-corrected chi connectivity index (χ4v) is 2.90. The topological polar surface area (TPSA) is 68.2 Å². The van der Waals surface area contributed by atoms with Gasteiger partial charge in [-0.2, -0.15) is 4.98 Å². The van der Waals surface area contributed by atoms with Gasteiger partial charge in [0, 0.05) is 0 Å². The number of hydrogen-bond donors (Lipinski definition) is 1. The number of halogens is 2. The van der Waals surface area contributed by atoms with Crippen LogP contribution in [0.5, 0.6) is 0 Å². The van der Waals surface area contributed by atoms with E-state index in [0.29, 0.717) is 18.3 Å². The van der Waals surface area contributed by atoms with E-state index in [1.54, 1.807) is 0 Å². The van der Waals surface area contributed by atoms with Gasteiger partial charge in [0.05, 0.1) is 19.1 Å². The van der Waals surface area contributed by atoms with Crippen LogP contribution in [0.1, 0.15) is 35.8 Å². The first-order chi connectivity index (χ1) is 12.2. The first kappa shape index (κ1) is 20.0.